The summed E-state index contributed by atoms with van der Waals surface area (Å²) in [5, 5.41) is 13.9. The molecule has 30 heavy (non-hydrogen) atoms. The number of nitrogens with one attached hydrogen (secondary N) is 1. The molecule has 0 spiro atoms. The van der Waals surface area contributed by atoms with Crippen LogP contribution in [0.5, 0.6) is 0 Å². The molecular weight excluding hydrogens is 400 g/mol. The van der Waals surface area contributed by atoms with E-state index < -0.39 is 5.60 Å². The van der Waals surface area contributed by atoms with Crippen LogP contribution >= 0.6 is 11.6 Å². The highest BCUT2D eigenvalue weighted by atomic mass is 35.5. The molecule has 2 aromatic heterocycles. The number of anilines is 3. The summed E-state index contributed by atoms with van der Waals surface area (Å²) in [5.74, 6) is 1.39. The zero-order valence-corrected chi connectivity index (χ0v) is 17.5. The van der Waals surface area contributed by atoms with Crippen molar-refractivity contribution in [3.63, 3.8) is 0 Å². The first-order valence-corrected chi connectivity index (χ1v) is 9.93. The van der Waals surface area contributed by atoms with Crippen molar-refractivity contribution in [1.29, 1.82) is 0 Å². The van der Waals surface area contributed by atoms with Crippen molar-refractivity contribution >= 4 is 34.6 Å². The number of rotatable bonds is 4. The molecule has 0 unspecified atom stereocenters. The number of halogens is 1. The highest BCUT2D eigenvalue weighted by Gasteiger charge is 2.23. The summed E-state index contributed by atoms with van der Waals surface area (Å²) >= 11 is 6.40. The van der Waals surface area contributed by atoms with Gasteiger partial charge in [0.15, 0.2) is 5.69 Å². The number of hydrogen-bond donors (Lipinski definition) is 2. The Morgan fingerprint density at radius 2 is 2.03 bits per heavy atom. The van der Waals surface area contributed by atoms with Crippen molar-refractivity contribution in [2.45, 2.75) is 32.4 Å². The smallest absolute Gasteiger partial charge is 0.188 e. The highest BCUT2D eigenvalue weighted by molar-refractivity contribution is 6.33. The minimum absolute atomic E-state index is 0.526. The van der Waals surface area contributed by atoms with Gasteiger partial charge < -0.3 is 15.3 Å². The molecule has 152 valence electrons. The van der Waals surface area contributed by atoms with Gasteiger partial charge in [-0.2, -0.15) is 0 Å². The van der Waals surface area contributed by atoms with Crippen LogP contribution < -0.4 is 10.2 Å². The maximum absolute atomic E-state index is 10.1. The van der Waals surface area contributed by atoms with Crippen molar-refractivity contribution in [1.82, 2.24) is 15.0 Å². The molecule has 1 aromatic carbocycles. The number of aromatic nitrogens is 3. The summed E-state index contributed by atoms with van der Waals surface area (Å²) < 4.78 is 0. The Morgan fingerprint density at radius 3 is 2.70 bits per heavy atom. The molecule has 0 aliphatic carbocycles. The van der Waals surface area contributed by atoms with Crippen molar-refractivity contribution in [3.05, 3.63) is 76.1 Å². The molecule has 1 aliphatic heterocycles. The normalized spacial score (nSPS) is 13.5. The maximum Gasteiger partial charge on any atom is 0.188 e. The molecule has 4 rings (SSSR count). The van der Waals surface area contributed by atoms with E-state index in [0.29, 0.717) is 23.1 Å². The van der Waals surface area contributed by atoms with Crippen molar-refractivity contribution in [2.24, 2.45) is 0 Å². The lowest BCUT2D eigenvalue weighted by Crippen LogP contribution is -2.32. The third-order valence-corrected chi connectivity index (χ3v) is 5.43. The molecule has 1 aliphatic rings. The fourth-order valence-electron chi connectivity index (χ4n) is 3.44. The van der Waals surface area contributed by atoms with Gasteiger partial charge in [0.25, 0.3) is 0 Å². The predicted molar refractivity (Wildman–Crippen MR) is 117 cm³/mol. The van der Waals surface area contributed by atoms with Gasteiger partial charge in [-0.15, -0.1) is 0 Å². The van der Waals surface area contributed by atoms with Crippen molar-refractivity contribution in [3.8, 4) is 0 Å². The quantitative estimate of drug-likeness (QED) is 0.600. The maximum atomic E-state index is 10.1. The Labute approximate surface area is 180 Å². The van der Waals surface area contributed by atoms with Crippen LogP contribution in [0.3, 0.4) is 0 Å². The summed E-state index contributed by atoms with van der Waals surface area (Å²) in [7, 11) is 0. The molecule has 7 nitrogen and oxygen atoms in total. The second-order valence-corrected chi connectivity index (χ2v) is 8.09. The number of aliphatic hydroxyl groups is 1. The van der Waals surface area contributed by atoms with E-state index in [4.69, 9.17) is 18.2 Å². The average molecular weight is 421 g/mol. The molecule has 0 saturated heterocycles. The molecule has 8 heteroatoms. The fraction of sp³-hybridized carbons (Fsp3) is 0.273. The summed E-state index contributed by atoms with van der Waals surface area (Å²) in [5.41, 5.74) is 3.21. The van der Waals surface area contributed by atoms with Gasteiger partial charge in [-0.3, -0.25) is 0 Å². The molecule has 0 atom stereocenters. The molecule has 0 saturated carbocycles. The standard InChI is InChI=1S/C22H21ClN6O/c1-22(2,30)14-4-7-20(25-11-14)28-21-16-8-9-29(12-18(16)26-13-27-21)19-6-5-15(24-3)10-17(19)23/h4-7,10-11,13,30H,8-9,12H2,1-2H3,(H,25,26,27,28). The lowest BCUT2D eigenvalue weighted by Gasteiger charge is -2.31. The molecule has 3 aromatic rings. The van der Waals surface area contributed by atoms with Crippen LogP contribution in [0.4, 0.5) is 23.0 Å². The molecule has 2 N–H and O–H groups in total. The average Bonchev–Trinajstić information content (AvgIpc) is 2.73. The van der Waals surface area contributed by atoms with E-state index in [1.807, 2.05) is 18.2 Å². The minimum atomic E-state index is -0.933. The first-order chi connectivity index (χ1) is 14.3. The second kappa shape index (κ2) is 7.90. The summed E-state index contributed by atoms with van der Waals surface area (Å²) in [6.07, 6.45) is 3.95. The molecule has 0 radical (unpaired) electrons. The summed E-state index contributed by atoms with van der Waals surface area (Å²) in [6.45, 7) is 11.9. The van der Waals surface area contributed by atoms with Crippen LogP contribution in [0.15, 0.2) is 42.9 Å². The first-order valence-electron chi connectivity index (χ1n) is 9.56. The Balaban J connectivity index is 1.55. The van der Waals surface area contributed by atoms with E-state index in [1.54, 1.807) is 38.5 Å². The van der Waals surface area contributed by atoms with E-state index in [1.165, 1.54) is 0 Å². The monoisotopic (exact) mass is 420 g/mol. The number of fused-ring (bicyclic) bond motifs is 1. The molecule has 0 bridgehead atoms. The molecule has 0 fully saturated rings. The van der Waals surface area contributed by atoms with Crippen LogP contribution in [0.2, 0.25) is 5.02 Å². The van der Waals surface area contributed by atoms with Crippen LogP contribution in [0.25, 0.3) is 4.85 Å². The van der Waals surface area contributed by atoms with Gasteiger partial charge in [-0.25, -0.2) is 19.8 Å². The van der Waals surface area contributed by atoms with Crippen molar-refractivity contribution in [2.75, 3.05) is 16.8 Å². The number of pyridine rings is 1. The first kappa shape index (κ1) is 20.1. The van der Waals surface area contributed by atoms with Crippen LogP contribution in [0, 0.1) is 6.57 Å². The van der Waals surface area contributed by atoms with E-state index >= 15 is 0 Å². The minimum Gasteiger partial charge on any atom is -0.386 e. The van der Waals surface area contributed by atoms with E-state index in [2.05, 4.69) is 30.0 Å². The number of nitrogens with zero attached hydrogens (tertiary/aromatic N) is 5. The van der Waals surface area contributed by atoms with Crippen molar-refractivity contribution < 1.29 is 5.11 Å². The molecular formula is C22H21ClN6O. The van der Waals surface area contributed by atoms with E-state index in [0.717, 1.165) is 41.3 Å². The van der Waals surface area contributed by atoms with E-state index in [-0.39, 0.29) is 0 Å². The van der Waals surface area contributed by atoms with Crippen LogP contribution in [-0.4, -0.2) is 26.6 Å². The largest absolute Gasteiger partial charge is 0.386 e. The number of benzene rings is 1. The Morgan fingerprint density at radius 1 is 1.20 bits per heavy atom. The lowest BCUT2D eigenvalue weighted by molar-refractivity contribution is 0.0782. The van der Waals surface area contributed by atoms with Gasteiger partial charge >= 0.3 is 0 Å². The topological polar surface area (TPSA) is 78.5 Å². The van der Waals surface area contributed by atoms with Crippen LogP contribution in [0.1, 0.15) is 30.7 Å². The van der Waals surface area contributed by atoms with Gasteiger partial charge in [0, 0.05) is 23.9 Å². The van der Waals surface area contributed by atoms with Gasteiger partial charge in [0.2, 0.25) is 0 Å². The zero-order chi connectivity index (χ0) is 21.3. The highest BCUT2D eigenvalue weighted by Crippen LogP contribution is 2.34. The molecule has 0 amide bonds. The third kappa shape index (κ3) is 4.06. The molecule has 3 heterocycles. The van der Waals surface area contributed by atoms with Gasteiger partial charge in [0.05, 0.1) is 35.1 Å². The second-order valence-electron chi connectivity index (χ2n) is 7.68. The van der Waals surface area contributed by atoms with Gasteiger partial charge in [-0.05, 0) is 38.5 Å². The van der Waals surface area contributed by atoms with E-state index in [9.17, 15) is 5.11 Å². The summed E-state index contributed by atoms with van der Waals surface area (Å²) in [6, 6.07) is 9.03. The third-order valence-electron chi connectivity index (χ3n) is 5.12. The van der Waals surface area contributed by atoms with Crippen LogP contribution in [-0.2, 0) is 18.6 Å². The zero-order valence-electron chi connectivity index (χ0n) is 16.7. The predicted octanol–water partition coefficient (Wildman–Crippen LogP) is 4.61. The number of hydrogen-bond acceptors (Lipinski definition) is 6. The van der Waals surface area contributed by atoms with Gasteiger partial charge in [0.1, 0.15) is 18.0 Å². The Hall–Kier alpha value is -3.21. The summed E-state index contributed by atoms with van der Waals surface area (Å²) in [4.78, 5) is 18.9. The fourth-order valence-corrected chi connectivity index (χ4v) is 3.73. The van der Waals surface area contributed by atoms with Gasteiger partial charge in [-0.1, -0.05) is 23.7 Å². The SMILES string of the molecule is [C-]#[N+]c1ccc(N2CCc3c(ncnc3Nc3ccc(C(C)(C)O)cn3)C2)c(Cl)c1. The Bertz CT molecular complexity index is 1120. The Kier molecular flexibility index (Phi) is 5.29. The lowest BCUT2D eigenvalue weighted by atomic mass is 10.0.